The molecule has 3 fully saturated rings. The minimum atomic E-state index is -0.106. The Morgan fingerprint density at radius 2 is 2.06 bits per heavy atom. The van der Waals surface area contributed by atoms with Gasteiger partial charge in [0.15, 0.2) is 0 Å². The molecule has 2 heterocycles. The van der Waals surface area contributed by atoms with Gasteiger partial charge in [-0.05, 0) is 38.2 Å². The molecule has 2 nitrogen and oxygen atoms in total. The van der Waals surface area contributed by atoms with Crippen LogP contribution < -0.4 is 0 Å². The molecule has 0 aromatic rings. The predicted octanol–water partition coefficient (Wildman–Crippen LogP) is 3.00. The Hall–Kier alpha value is -0.860. The Labute approximate surface area is 104 Å². The third kappa shape index (κ3) is 2.12. The van der Waals surface area contributed by atoms with E-state index in [9.17, 15) is 5.11 Å². The van der Waals surface area contributed by atoms with Gasteiger partial charge < -0.3 is 9.84 Å². The lowest BCUT2D eigenvalue weighted by atomic mass is 9.64. The first-order chi connectivity index (χ1) is 8.20. The molecular weight excluding hydrogens is 212 g/mol. The van der Waals surface area contributed by atoms with Crippen molar-refractivity contribution in [1.82, 2.24) is 0 Å². The smallest absolute Gasteiger partial charge is 0.0928 e. The van der Waals surface area contributed by atoms with E-state index in [4.69, 9.17) is 4.74 Å². The highest BCUT2D eigenvalue weighted by Gasteiger charge is 2.50. The molecule has 1 saturated carbocycles. The zero-order valence-electron chi connectivity index (χ0n) is 10.6. The molecule has 17 heavy (non-hydrogen) atoms. The van der Waals surface area contributed by atoms with E-state index in [-0.39, 0.29) is 17.6 Å². The molecule has 1 aliphatic carbocycles. The minimum absolute atomic E-state index is 0.0444. The lowest BCUT2D eigenvalue weighted by Crippen LogP contribution is -2.53. The van der Waals surface area contributed by atoms with E-state index < -0.39 is 0 Å². The van der Waals surface area contributed by atoms with Crippen LogP contribution in [-0.4, -0.2) is 23.9 Å². The Bertz CT molecular complexity index is 327. The van der Waals surface area contributed by atoms with E-state index in [1.165, 1.54) is 5.57 Å². The lowest BCUT2D eigenvalue weighted by molar-refractivity contribution is -0.174. The summed E-state index contributed by atoms with van der Waals surface area (Å²) in [6.07, 6.45) is 12.2. The maximum absolute atomic E-state index is 9.47. The second-order valence-electron chi connectivity index (χ2n) is 5.28. The van der Waals surface area contributed by atoms with Crippen molar-refractivity contribution in [3.05, 3.63) is 36.5 Å². The highest BCUT2D eigenvalue weighted by Crippen LogP contribution is 2.51. The average molecular weight is 234 g/mol. The fraction of sp³-hybridized carbons (Fsp3) is 0.600. The lowest BCUT2D eigenvalue weighted by Gasteiger charge is -2.53. The number of allylic oxidation sites excluding steroid dienone is 3. The normalized spacial score (nSPS) is 37.6. The summed E-state index contributed by atoms with van der Waals surface area (Å²) in [5, 5.41) is 9.47. The summed E-state index contributed by atoms with van der Waals surface area (Å²) in [6.45, 7) is 6.72. The van der Waals surface area contributed by atoms with E-state index in [0.29, 0.717) is 6.61 Å². The SMILES string of the molecule is C=C/C=C\C(=C/C)C12CCC(CO)(CC1)CO2. The molecule has 1 N–H and O–H groups in total. The van der Waals surface area contributed by atoms with Crippen LogP contribution in [0.15, 0.2) is 36.5 Å². The Kier molecular flexibility index (Phi) is 3.55. The van der Waals surface area contributed by atoms with Crippen molar-refractivity contribution in [1.29, 1.82) is 0 Å². The van der Waals surface area contributed by atoms with Crippen molar-refractivity contribution in [3.8, 4) is 0 Å². The molecule has 0 aromatic heterocycles. The first-order valence-corrected chi connectivity index (χ1v) is 6.41. The molecule has 3 aliphatic rings. The van der Waals surface area contributed by atoms with Gasteiger partial charge in [-0.3, -0.25) is 0 Å². The highest BCUT2D eigenvalue weighted by atomic mass is 16.5. The molecule has 3 rings (SSSR count). The Balaban J connectivity index is 2.17. The molecule has 2 saturated heterocycles. The van der Waals surface area contributed by atoms with Gasteiger partial charge in [0.2, 0.25) is 0 Å². The fourth-order valence-electron chi connectivity index (χ4n) is 3.02. The number of rotatable bonds is 4. The summed E-state index contributed by atoms with van der Waals surface area (Å²) < 4.78 is 6.10. The molecule has 2 bridgehead atoms. The second-order valence-corrected chi connectivity index (χ2v) is 5.28. The third-order valence-corrected chi connectivity index (χ3v) is 4.36. The molecule has 0 amide bonds. The second kappa shape index (κ2) is 4.79. The van der Waals surface area contributed by atoms with Gasteiger partial charge in [-0.15, -0.1) is 0 Å². The van der Waals surface area contributed by atoms with Gasteiger partial charge in [0.25, 0.3) is 0 Å². The van der Waals surface area contributed by atoms with E-state index in [1.54, 1.807) is 6.08 Å². The zero-order chi connectivity index (χ0) is 12.4. The first kappa shape index (κ1) is 12.6. The fourth-order valence-corrected chi connectivity index (χ4v) is 3.02. The van der Waals surface area contributed by atoms with Crippen LogP contribution in [-0.2, 0) is 4.74 Å². The number of aliphatic hydroxyl groups excluding tert-OH is 1. The van der Waals surface area contributed by atoms with E-state index in [1.807, 2.05) is 6.08 Å². The highest BCUT2D eigenvalue weighted by molar-refractivity contribution is 5.32. The Morgan fingerprint density at radius 3 is 2.47 bits per heavy atom. The van der Waals surface area contributed by atoms with E-state index in [2.05, 4.69) is 25.7 Å². The van der Waals surface area contributed by atoms with Gasteiger partial charge in [0, 0.05) is 5.41 Å². The Morgan fingerprint density at radius 1 is 1.35 bits per heavy atom. The van der Waals surface area contributed by atoms with E-state index in [0.717, 1.165) is 25.7 Å². The van der Waals surface area contributed by atoms with Gasteiger partial charge in [-0.25, -0.2) is 0 Å². The molecule has 0 radical (unpaired) electrons. The summed E-state index contributed by atoms with van der Waals surface area (Å²) in [6, 6.07) is 0. The standard InChI is InChI=1S/C15H22O2/c1-3-5-6-13(4-2)15-9-7-14(11-16,8-10-15)12-17-15/h3-6,16H,1,7-12H2,2H3/b6-5-,13-4+. The van der Waals surface area contributed by atoms with Gasteiger partial charge in [0.1, 0.15) is 0 Å². The predicted molar refractivity (Wildman–Crippen MR) is 69.8 cm³/mol. The molecule has 2 aliphatic heterocycles. The molecular formula is C15H22O2. The number of hydrogen-bond acceptors (Lipinski definition) is 2. The summed E-state index contributed by atoms with van der Waals surface area (Å²) in [5.41, 5.74) is 1.19. The summed E-state index contributed by atoms with van der Waals surface area (Å²) >= 11 is 0. The summed E-state index contributed by atoms with van der Waals surface area (Å²) in [5.74, 6) is 0. The topological polar surface area (TPSA) is 29.5 Å². The van der Waals surface area contributed by atoms with Crippen molar-refractivity contribution in [2.45, 2.75) is 38.2 Å². The maximum Gasteiger partial charge on any atom is 0.0928 e. The van der Waals surface area contributed by atoms with Crippen molar-refractivity contribution in [2.75, 3.05) is 13.2 Å². The monoisotopic (exact) mass is 234 g/mol. The van der Waals surface area contributed by atoms with Crippen molar-refractivity contribution < 1.29 is 9.84 Å². The first-order valence-electron chi connectivity index (χ1n) is 6.41. The van der Waals surface area contributed by atoms with Gasteiger partial charge in [-0.2, -0.15) is 0 Å². The number of fused-ring (bicyclic) bond motifs is 3. The molecule has 2 heteroatoms. The van der Waals surface area contributed by atoms with Crippen molar-refractivity contribution in [2.24, 2.45) is 5.41 Å². The van der Waals surface area contributed by atoms with Crippen molar-refractivity contribution >= 4 is 0 Å². The van der Waals surface area contributed by atoms with Crippen LogP contribution in [0.5, 0.6) is 0 Å². The van der Waals surface area contributed by atoms with E-state index >= 15 is 0 Å². The summed E-state index contributed by atoms with van der Waals surface area (Å²) in [7, 11) is 0. The molecule has 0 unspecified atom stereocenters. The largest absolute Gasteiger partial charge is 0.396 e. The number of hydrogen-bond donors (Lipinski definition) is 1. The zero-order valence-corrected chi connectivity index (χ0v) is 10.6. The maximum atomic E-state index is 9.47. The number of ether oxygens (including phenoxy) is 1. The van der Waals surface area contributed by atoms with Crippen LogP contribution in [0.4, 0.5) is 0 Å². The number of aliphatic hydroxyl groups is 1. The van der Waals surface area contributed by atoms with Crippen LogP contribution in [0, 0.1) is 5.41 Å². The van der Waals surface area contributed by atoms with Crippen LogP contribution in [0.25, 0.3) is 0 Å². The quantitative estimate of drug-likeness (QED) is 0.758. The van der Waals surface area contributed by atoms with Crippen molar-refractivity contribution in [3.63, 3.8) is 0 Å². The van der Waals surface area contributed by atoms with Crippen LogP contribution >= 0.6 is 0 Å². The molecule has 94 valence electrons. The molecule has 0 aromatic carbocycles. The van der Waals surface area contributed by atoms with Crippen LogP contribution in [0.1, 0.15) is 32.6 Å². The van der Waals surface area contributed by atoms with Crippen LogP contribution in [0.2, 0.25) is 0 Å². The minimum Gasteiger partial charge on any atom is -0.396 e. The van der Waals surface area contributed by atoms with Gasteiger partial charge in [-0.1, -0.05) is 30.9 Å². The summed E-state index contributed by atoms with van der Waals surface area (Å²) in [4.78, 5) is 0. The molecule has 0 spiro atoms. The van der Waals surface area contributed by atoms with Crippen LogP contribution in [0.3, 0.4) is 0 Å². The molecule has 0 atom stereocenters. The van der Waals surface area contributed by atoms with Gasteiger partial charge >= 0.3 is 0 Å². The third-order valence-electron chi connectivity index (χ3n) is 4.36. The van der Waals surface area contributed by atoms with Gasteiger partial charge in [0.05, 0.1) is 18.8 Å². The average Bonchev–Trinajstić information content (AvgIpc) is 2.41.